The molecular formula is C14H21BrN2O. The summed E-state index contributed by atoms with van der Waals surface area (Å²) in [5.41, 5.74) is 7.16. The summed E-state index contributed by atoms with van der Waals surface area (Å²) in [7, 11) is 2.11. The van der Waals surface area contributed by atoms with Gasteiger partial charge in [0.15, 0.2) is 0 Å². The second-order valence-electron chi connectivity index (χ2n) is 5.24. The van der Waals surface area contributed by atoms with Crippen LogP contribution >= 0.6 is 15.9 Å². The van der Waals surface area contributed by atoms with Crippen LogP contribution in [0.1, 0.15) is 24.4 Å². The highest BCUT2D eigenvalue weighted by Crippen LogP contribution is 2.30. The van der Waals surface area contributed by atoms with Crippen molar-refractivity contribution in [3.05, 3.63) is 34.3 Å². The summed E-state index contributed by atoms with van der Waals surface area (Å²) in [5.74, 6) is 0.617. The van der Waals surface area contributed by atoms with Gasteiger partial charge in [-0.25, -0.2) is 0 Å². The predicted octanol–water partition coefficient (Wildman–Crippen LogP) is 2.15. The van der Waals surface area contributed by atoms with Crippen molar-refractivity contribution in [2.75, 3.05) is 20.1 Å². The van der Waals surface area contributed by atoms with Gasteiger partial charge in [0.1, 0.15) is 0 Å². The average molecular weight is 313 g/mol. The van der Waals surface area contributed by atoms with Crippen LogP contribution in [0.2, 0.25) is 0 Å². The van der Waals surface area contributed by atoms with Crippen molar-refractivity contribution in [2.45, 2.75) is 25.0 Å². The lowest BCUT2D eigenvalue weighted by Gasteiger charge is -2.37. The topological polar surface area (TPSA) is 49.5 Å². The molecule has 0 aliphatic heterocycles. The Morgan fingerprint density at radius 2 is 2.22 bits per heavy atom. The molecule has 1 unspecified atom stereocenters. The van der Waals surface area contributed by atoms with Gasteiger partial charge in [0.2, 0.25) is 0 Å². The largest absolute Gasteiger partial charge is 0.393 e. The van der Waals surface area contributed by atoms with Crippen LogP contribution < -0.4 is 5.73 Å². The number of hydrogen-bond acceptors (Lipinski definition) is 3. The Bertz CT molecular complexity index is 393. The smallest absolute Gasteiger partial charge is 0.0546 e. The van der Waals surface area contributed by atoms with Gasteiger partial charge in [0.25, 0.3) is 0 Å². The number of nitrogens with zero attached hydrogens (tertiary/aromatic N) is 1. The Hall–Kier alpha value is -0.420. The third kappa shape index (κ3) is 3.32. The van der Waals surface area contributed by atoms with Crippen LogP contribution in [0.5, 0.6) is 0 Å². The molecule has 1 aromatic rings. The fraction of sp³-hybridized carbons (Fsp3) is 0.571. The van der Waals surface area contributed by atoms with Gasteiger partial charge in [0, 0.05) is 23.6 Å². The fourth-order valence-electron chi connectivity index (χ4n) is 2.67. The number of nitrogens with two attached hydrogens (primary N) is 1. The molecule has 1 fully saturated rings. The normalized spacial score (nSPS) is 24.9. The first-order valence-corrected chi connectivity index (χ1v) is 7.23. The van der Waals surface area contributed by atoms with E-state index < -0.39 is 0 Å². The minimum absolute atomic E-state index is 0.0782. The van der Waals surface area contributed by atoms with Crippen LogP contribution in [-0.2, 0) is 0 Å². The van der Waals surface area contributed by atoms with Crippen LogP contribution in [0, 0.1) is 5.92 Å². The van der Waals surface area contributed by atoms with Crippen LogP contribution in [0.3, 0.4) is 0 Å². The van der Waals surface area contributed by atoms with E-state index in [-0.39, 0.29) is 12.1 Å². The van der Waals surface area contributed by atoms with Gasteiger partial charge in [-0.1, -0.05) is 28.1 Å². The average Bonchev–Trinajstić information content (AvgIpc) is 2.28. The molecule has 3 nitrogen and oxygen atoms in total. The van der Waals surface area contributed by atoms with Gasteiger partial charge in [0.05, 0.1) is 6.10 Å². The summed E-state index contributed by atoms with van der Waals surface area (Å²) < 4.78 is 1.09. The van der Waals surface area contributed by atoms with Crippen LogP contribution in [0.15, 0.2) is 28.7 Å². The second-order valence-corrected chi connectivity index (χ2v) is 6.15. The highest BCUT2D eigenvalue weighted by molar-refractivity contribution is 9.10. The molecule has 0 amide bonds. The monoisotopic (exact) mass is 312 g/mol. The summed E-state index contributed by atoms with van der Waals surface area (Å²) >= 11 is 3.50. The van der Waals surface area contributed by atoms with Gasteiger partial charge >= 0.3 is 0 Å². The molecule has 0 heterocycles. The SMILES string of the molecule is CN(CC1CC(O)C1)C(CN)c1cccc(Br)c1. The van der Waals surface area contributed by atoms with Crippen molar-refractivity contribution in [1.29, 1.82) is 0 Å². The minimum atomic E-state index is -0.0782. The van der Waals surface area contributed by atoms with Crippen molar-refractivity contribution < 1.29 is 5.11 Å². The quantitative estimate of drug-likeness (QED) is 0.876. The molecule has 0 bridgehead atoms. The number of aliphatic hydroxyl groups excluding tert-OH is 1. The molecule has 0 saturated heterocycles. The molecule has 1 aliphatic rings. The third-order valence-electron chi connectivity index (χ3n) is 3.75. The lowest BCUT2D eigenvalue weighted by Crippen LogP contribution is -2.40. The van der Waals surface area contributed by atoms with Gasteiger partial charge in [-0.15, -0.1) is 0 Å². The number of benzene rings is 1. The molecule has 100 valence electrons. The Kier molecular flexibility index (Phi) is 4.78. The van der Waals surface area contributed by atoms with Crippen molar-refractivity contribution in [2.24, 2.45) is 11.7 Å². The zero-order valence-electron chi connectivity index (χ0n) is 10.7. The number of aliphatic hydroxyl groups is 1. The summed E-state index contributed by atoms with van der Waals surface area (Å²) in [4.78, 5) is 2.30. The first-order valence-electron chi connectivity index (χ1n) is 6.44. The third-order valence-corrected chi connectivity index (χ3v) is 4.24. The highest BCUT2D eigenvalue weighted by Gasteiger charge is 2.29. The van der Waals surface area contributed by atoms with E-state index in [0.717, 1.165) is 23.9 Å². The Morgan fingerprint density at radius 3 is 2.78 bits per heavy atom. The number of rotatable bonds is 5. The molecule has 1 aromatic carbocycles. The molecule has 1 saturated carbocycles. The van der Waals surface area contributed by atoms with Crippen molar-refractivity contribution >= 4 is 15.9 Å². The zero-order chi connectivity index (χ0) is 13.1. The van der Waals surface area contributed by atoms with Crippen molar-refractivity contribution in [3.63, 3.8) is 0 Å². The Balaban J connectivity index is 1.99. The van der Waals surface area contributed by atoms with E-state index >= 15 is 0 Å². The predicted molar refractivity (Wildman–Crippen MR) is 77.3 cm³/mol. The van der Waals surface area contributed by atoms with E-state index in [1.54, 1.807) is 0 Å². The molecule has 18 heavy (non-hydrogen) atoms. The van der Waals surface area contributed by atoms with E-state index in [1.165, 1.54) is 5.56 Å². The maximum absolute atomic E-state index is 9.33. The fourth-order valence-corrected chi connectivity index (χ4v) is 3.09. The molecule has 0 radical (unpaired) electrons. The van der Waals surface area contributed by atoms with E-state index in [9.17, 15) is 5.11 Å². The Morgan fingerprint density at radius 1 is 1.50 bits per heavy atom. The molecule has 1 aliphatic carbocycles. The minimum Gasteiger partial charge on any atom is -0.393 e. The lowest BCUT2D eigenvalue weighted by molar-refractivity contribution is 0.0224. The van der Waals surface area contributed by atoms with Crippen molar-refractivity contribution in [1.82, 2.24) is 4.90 Å². The van der Waals surface area contributed by atoms with Crippen LogP contribution in [0.4, 0.5) is 0 Å². The first kappa shape index (κ1) is 14.0. The Labute approximate surface area is 117 Å². The molecule has 0 aromatic heterocycles. The molecule has 3 N–H and O–H groups in total. The second kappa shape index (κ2) is 6.15. The molecule has 4 heteroatoms. The van der Waals surface area contributed by atoms with E-state index in [1.807, 2.05) is 12.1 Å². The maximum Gasteiger partial charge on any atom is 0.0546 e. The van der Waals surface area contributed by atoms with Crippen LogP contribution in [-0.4, -0.2) is 36.2 Å². The van der Waals surface area contributed by atoms with Gasteiger partial charge in [-0.2, -0.15) is 0 Å². The van der Waals surface area contributed by atoms with Crippen molar-refractivity contribution in [3.8, 4) is 0 Å². The standard InChI is InChI=1S/C14H21BrN2O/c1-17(9-10-5-13(18)6-10)14(8-16)11-3-2-4-12(15)7-11/h2-4,7,10,13-14,18H,5-6,8-9,16H2,1H3. The number of likely N-dealkylation sites (N-methyl/N-ethyl adjacent to an activating group) is 1. The van der Waals surface area contributed by atoms with Gasteiger partial charge in [-0.05, 0) is 43.5 Å². The highest BCUT2D eigenvalue weighted by atomic mass is 79.9. The van der Waals surface area contributed by atoms with Gasteiger partial charge in [-0.3, -0.25) is 4.90 Å². The van der Waals surface area contributed by atoms with Gasteiger partial charge < -0.3 is 10.8 Å². The maximum atomic E-state index is 9.33. The summed E-state index contributed by atoms with van der Waals surface area (Å²) in [6.07, 6.45) is 1.78. The summed E-state index contributed by atoms with van der Waals surface area (Å²) in [6.45, 7) is 1.62. The van der Waals surface area contributed by atoms with E-state index in [4.69, 9.17) is 5.73 Å². The molecule has 0 spiro atoms. The number of halogens is 1. The zero-order valence-corrected chi connectivity index (χ0v) is 12.3. The lowest BCUT2D eigenvalue weighted by atomic mass is 9.82. The van der Waals surface area contributed by atoms with Crippen LogP contribution in [0.25, 0.3) is 0 Å². The first-order chi connectivity index (χ1) is 8.60. The summed E-state index contributed by atoms with van der Waals surface area (Å²) in [6, 6.07) is 8.57. The molecule has 2 rings (SSSR count). The number of hydrogen-bond donors (Lipinski definition) is 2. The van der Waals surface area contributed by atoms with E-state index in [0.29, 0.717) is 12.5 Å². The van der Waals surface area contributed by atoms with E-state index in [2.05, 4.69) is 40.0 Å². The molecular weight excluding hydrogens is 292 g/mol. The summed E-state index contributed by atoms with van der Waals surface area (Å²) in [5, 5.41) is 9.33. The molecule has 1 atom stereocenters.